The van der Waals surface area contributed by atoms with Crippen molar-refractivity contribution in [1.29, 1.82) is 0 Å². The third-order valence-corrected chi connectivity index (χ3v) is 8.20. The van der Waals surface area contributed by atoms with Crippen LogP contribution in [0.1, 0.15) is 65.7 Å². The molecule has 4 bridgehead atoms. The minimum absolute atomic E-state index is 0.0419. The molecule has 0 aromatic heterocycles. The predicted octanol–water partition coefficient (Wildman–Crippen LogP) is 4.17. The Hall–Kier alpha value is -2.37. The maximum absolute atomic E-state index is 14.2. The average Bonchev–Trinajstić information content (AvgIpc) is 3.00. The number of carbonyl (C=O) groups excluding carboxylic acids is 3. The van der Waals surface area contributed by atoms with E-state index in [0.717, 1.165) is 19.3 Å². The van der Waals surface area contributed by atoms with Crippen LogP contribution in [0.2, 0.25) is 0 Å². The molecule has 4 aliphatic carbocycles. The number of benzene rings is 1. The van der Waals surface area contributed by atoms with E-state index in [1.807, 2.05) is 20.8 Å². The molecule has 0 spiro atoms. The largest absolute Gasteiger partial charge is 0.497 e. The lowest BCUT2D eigenvalue weighted by Gasteiger charge is -2.58. The van der Waals surface area contributed by atoms with Crippen molar-refractivity contribution in [2.24, 2.45) is 23.2 Å². The third kappa shape index (κ3) is 3.34. The zero-order valence-electron chi connectivity index (χ0n) is 19.6. The Kier molecular flexibility index (Phi) is 4.91. The van der Waals surface area contributed by atoms with Gasteiger partial charge < -0.3 is 9.64 Å². The average molecular weight is 439 g/mol. The van der Waals surface area contributed by atoms with Gasteiger partial charge in [-0.25, -0.2) is 4.90 Å². The Morgan fingerprint density at radius 1 is 1.00 bits per heavy atom. The van der Waals surface area contributed by atoms with Crippen molar-refractivity contribution in [3.05, 3.63) is 24.3 Å². The molecule has 172 valence electrons. The quantitative estimate of drug-likeness (QED) is 0.662. The number of rotatable bonds is 4. The first-order valence-electron chi connectivity index (χ1n) is 12.0. The lowest BCUT2D eigenvalue weighted by molar-refractivity contribution is -0.167. The molecule has 6 rings (SSSR count). The van der Waals surface area contributed by atoms with Crippen LogP contribution < -0.4 is 9.64 Å². The molecule has 1 saturated heterocycles. The Morgan fingerprint density at radius 2 is 1.53 bits per heavy atom. The first-order chi connectivity index (χ1) is 15.1. The topological polar surface area (TPSA) is 66.9 Å². The minimum atomic E-state index is -0.745. The van der Waals surface area contributed by atoms with Gasteiger partial charge in [-0.05, 0) is 101 Å². The smallest absolute Gasteiger partial charge is 0.257 e. The van der Waals surface area contributed by atoms with Crippen LogP contribution in [0.25, 0.3) is 0 Å². The lowest BCUT2D eigenvalue weighted by Crippen LogP contribution is -2.62. The number of carbonyl (C=O) groups is 3. The number of amides is 3. The summed E-state index contributed by atoms with van der Waals surface area (Å²) >= 11 is 0. The highest BCUT2D eigenvalue weighted by Crippen LogP contribution is 2.61. The zero-order chi connectivity index (χ0) is 22.8. The van der Waals surface area contributed by atoms with Crippen molar-refractivity contribution in [3.8, 4) is 5.75 Å². The molecule has 1 unspecified atom stereocenters. The Morgan fingerprint density at radius 3 is 2.00 bits per heavy atom. The fraction of sp³-hybridized carbons (Fsp3) is 0.654. The van der Waals surface area contributed by atoms with Crippen LogP contribution in [0.3, 0.4) is 0 Å². The molecule has 1 atom stereocenters. The standard InChI is InChI=1S/C26H34N2O4/c1-25(2,3)28(24(31)26-13-16-9-17(14-26)11-18(10-16)15-26)21-12-22(29)27(23(21)30)19-5-7-20(32-4)8-6-19/h5-8,16-18,21H,9-15H2,1-4H3. The molecule has 32 heavy (non-hydrogen) atoms. The maximum Gasteiger partial charge on any atom is 0.257 e. The van der Waals surface area contributed by atoms with Crippen LogP contribution in [0.4, 0.5) is 5.69 Å². The number of nitrogens with zero attached hydrogens (tertiary/aromatic N) is 2. The molecule has 5 fully saturated rings. The molecule has 0 N–H and O–H groups in total. The molecule has 4 saturated carbocycles. The second-order valence-corrected chi connectivity index (χ2v) is 11.5. The normalized spacial score (nSPS) is 33.7. The van der Waals surface area contributed by atoms with E-state index in [4.69, 9.17) is 4.74 Å². The summed E-state index contributed by atoms with van der Waals surface area (Å²) in [6.07, 6.45) is 6.65. The molecular weight excluding hydrogens is 404 g/mol. The van der Waals surface area contributed by atoms with Gasteiger partial charge in [0.1, 0.15) is 11.8 Å². The van der Waals surface area contributed by atoms with Crippen LogP contribution >= 0.6 is 0 Å². The molecule has 1 aromatic rings. The Balaban J connectivity index is 1.46. The fourth-order valence-electron chi connectivity index (χ4n) is 7.36. The van der Waals surface area contributed by atoms with Crippen LogP contribution in [0.5, 0.6) is 5.75 Å². The van der Waals surface area contributed by atoms with Gasteiger partial charge in [-0.1, -0.05) is 0 Å². The maximum atomic E-state index is 14.2. The molecule has 1 aliphatic heterocycles. The molecule has 5 aliphatic rings. The first kappa shape index (κ1) is 21.5. The first-order valence-corrected chi connectivity index (χ1v) is 12.0. The van der Waals surface area contributed by atoms with Crippen LogP contribution in [-0.4, -0.2) is 41.3 Å². The van der Waals surface area contributed by atoms with Crippen LogP contribution in [-0.2, 0) is 14.4 Å². The molecule has 6 heteroatoms. The van der Waals surface area contributed by atoms with E-state index in [9.17, 15) is 14.4 Å². The summed E-state index contributed by atoms with van der Waals surface area (Å²) in [5, 5.41) is 0. The summed E-state index contributed by atoms with van der Waals surface area (Å²) in [6, 6.07) is 6.18. The molecule has 6 nitrogen and oxygen atoms in total. The molecule has 1 heterocycles. The summed E-state index contributed by atoms with van der Waals surface area (Å²) in [5.74, 6) is 2.15. The van der Waals surface area contributed by atoms with Gasteiger partial charge in [0.15, 0.2) is 0 Å². The highest BCUT2D eigenvalue weighted by atomic mass is 16.5. The summed E-state index contributed by atoms with van der Waals surface area (Å²) < 4.78 is 5.20. The predicted molar refractivity (Wildman–Crippen MR) is 121 cm³/mol. The third-order valence-electron chi connectivity index (χ3n) is 8.20. The van der Waals surface area contributed by atoms with E-state index >= 15 is 0 Å². The van der Waals surface area contributed by atoms with E-state index < -0.39 is 11.6 Å². The van der Waals surface area contributed by atoms with Gasteiger partial charge in [-0.2, -0.15) is 0 Å². The van der Waals surface area contributed by atoms with Crippen molar-refractivity contribution in [3.63, 3.8) is 0 Å². The fourth-order valence-corrected chi connectivity index (χ4v) is 7.36. The van der Waals surface area contributed by atoms with Crippen molar-refractivity contribution in [2.75, 3.05) is 12.0 Å². The monoisotopic (exact) mass is 438 g/mol. The second kappa shape index (κ2) is 7.32. The van der Waals surface area contributed by atoms with E-state index in [0.29, 0.717) is 29.2 Å². The van der Waals surface area contributed by atoms with Crippen molar-refractivity contribution < 1.29 is 19.1 Å². The summed E-state index contributed by atoms with van der Waals surface area (Å²) in [7, 11) is 1.58. The van der Waals surface area contributed by atoms with E-state index in [1.165, 1.54) is 24.2 Å². The van der Waals surface area contributed by atoms with E-state index in [2.05, 4.69) is 0 Å². The van der Waals surface area contributed by atoms with Crippen molar-refractivity contribution in [1.82, 2.24) is 4.90 Å². The highest BCUT2D eigenvalue weighted by Gasteiger charge is 2.58. The number of imide groups is 1. The summed E-state index contributed by atoms with van der Waals surface area (Å²) in [5.41, 5.74) is -0.366. The number of hydrogen-bond donors (Lipinski definition) is 0. The Bertz CT molecular complexity index is 910. The Labute approximate surface area is 190 Å². The highest BCUT2D eigenvalue weighted by molar-refractivity contribution is 6.23. The number of hydrogen-bond acceptors (Lipinski definition) is 4. The molecular formula is C26H34N2O4. The molecule has 1 aromatic carbocycles. The summed E-state index contributed by atoms with van der Waals surface area (Å²) in [6.45, 7) is 5.96. The van der Waals surface area contributed by atoms with Crippen molar-refractivity contribution in [2.45, 2.75) is 77.3 Å². The zero-order valence-corrected chi connectivity index (χ0v) is 19.6. The van der Waals surface area contributed by atoms with Gasteiger partial charge in [0.2, 0.25) is 11.8 Å². The van der Waals surface area contributed by atoms with Gasteiger partial charge >= 0.3 is 0 Å². The molecule has 0 radical (unpaired) electrons. The lowest BCUT2D eigenvalue weighted by atomic mass is 9.49. The van der Waals surface area contributed by atoms with Gasteiger partial charge in [0, 0.05) is 5.54 Å². The van der Waals surface area contributed by atoms with Gasteiger partial charge in [-0.3, -0.25) is 14.4 Å². The number of anilines is 1. The summed E-state index contributed by atoms with van der Waals surface area (Å²) in [4.78, 5) is 43.8. The SMILES string of the molecule is COc1ccc(N2C(=O)CC(N(C(=O)C34CC5CC(CC(C5)C3)C4)C(C)(C)C)C2=O)cc1. The van der Waals surface area contributed by atoms with Crippen LogP contribution in [0.15, 0.2) is 24.3 Å². The van der Waals surface area contributed by atoms with Crippen molar-refractivity contribution >= 4 is 23.4 Å². The van der Waals surface area contributed by atoms with Crippen LogP contribution in [0, 0.1) is 23.2 Å². The van der Waals surface area contributed by atoms with Gasteiger partial charge in [0.25, 0.3) is 5.91 Å². The minimum Gasteiger partial charge on any atom is -0.497 e. The molecule has 3 amide bonds. The van der Waals surface area contributed by atoms with E-state index in [1.54, 1.807) is 36.3 Å². The number of methoxy groups -OCH3 is 1. The van der Waals surface area contributed by atoms with E-state index in [-0.39, 0.29) is 29.6 Å². The number of ether oxygens (including phenoxy) is 1. The van der Waals surface area contributed by atoms with Gasteiger partial charge in [0.05, 0.1) is 24.6 Å². The second-order valence-electron chi connectivity index (χ2n) is 11.5. The van der Waals surface area contributed by atoms with Gasteiger partial charge in [-0.15, -0.1) is 0 Å².